The third kappa shape index (κ3) is 6.60. The van der Waals surface area contributed by atoms with Gasteiger partial charge >= 0.3 is 6.18 Å². The van der Waals surface area contributed by atoms with E-state index in [1.165, 1.54) is 30.3 Å². The highest BCUT2D eigenvalue weighted by Gasteiger charge is 2.35. The second kappa shape index (κ2) is 9.68. The summed E-state index contributed by atoms with van der Waals surface area (Å²) in [4.78, 5) is 23.6. The van der Waals surface area contributed by atoms with Crippen LogP contribution in [0.15, 0.2) is 42.5 Å². The fourth-order valence-corrected chi connectivity index (χ4v) is 2.40. The van der Waals surface area contributed by atoms with Crippen molar-refractivity contribution >= 4 is 34.8 Å². The largest absolute Gasteiger partial charge is 0.490 e. The van der Waals surface area contributed by atoms with Gasteiger partial charge in [-0.1, -0.05) is 0 Å². The Balaban J connectivity index is 2.03. The van der Waals surface area contributed by atoms with Crippen LogP contribution in [0.25, 0.3) is 0 Å². The van der Waals surface area contributed by atoms with Crippen LogP contribution in [-0.4, -0.2) is 35.0 Å². The number of anilines is 2. The Morgan fingerprint density at radius 2 is 1.74 bits per heavy atom. The van der Waals surface area contributed by atoms with E-state index in [2.05, 4.69) is 10.6 Å². The van der Waals surface area contributed by atoms with E-state index < -0.39 is 41.3 Å². The van der Waals surface area contributed by atoms with Crippen molar-refractivity contribution in [2.45, 2.75) is 18.7 Å². The minimum Gasteiger partial charge on any atom is -0.490 e. The molecule has 0 spiro atoms. The van der Waals surface area contributed by atoms with Crippen LogP contribution < -0.4 is 15.4 Å². The molecule has 2 aromatic rings. The van der Waals surface area contributed by atoms with Gasteiger partial charge in [0.1, 0.15) is 18.2 Å². The molecular weight excluding hydrogens is 439 g/mol. The van der Waals surface area contributed by atoms with Gasteiger partial charge < -0.3 is 20.5 Å². The lowest BCUT2D eigenvalue weighted by Crippen LogP contribution is -2.45. The second-order valence-electron chi connectivity index (χ2n) is 6.59. The van der Waals surface area contributed by atoms with Crippen molar-refractivity contribution in [2.24, 2.45) is 0 Å². The SMILES string of the molecule is C[C@](O)(COc1ccc(NC(=O)CCl)cc1)C(=O)Nc1ccc(C#N)c(C(F)(F)F)c1. The van der Waals surface area contributed by atoms with E-state index >= 15 is 0 Å². The summed E-state index contributed by atoms with van der Waals surface area (Å²) < 4.78 is 44.5. The lowest BCUT2D eigenvalue weighted by Gasteiger charge is -2.23. The van der Waals surface area contributed by atoms with E-state index in [-0.39, 0.29) is 17.3 Å². The van der Waals surface area contributed by atoms with Crippen molar-refractivity contribution in [3.63, 3.8) is 0 Å². The van der Waals surface area contributed by atoms with Crippen LogP contribution in [0.1, 0.15) is 18.1 Å². The molecule has 0 saturated carbocycles. The molecule has 3 N–H and O–H groups in total. The molecule has 0 heterocycles. The summed E-state index contributed by atoms with van der Waals surface area (Å²) in [6, 6.07) is 10.1. The molecule has 0 aliphatic heterocycles. The number of halogens is 4. The molecule has 2 amide bonds. The average molecular weight is 456 g/mol. The Kier molecular flexibility index (Phi) is 7.49. The number of nitriles is 1. The quantitative estimate of drug-likeness (QED) is 0.553. The minimum atomic E-state index is -4.78. The Hall–Kier alpha value is -3.29. The van der Waals surface area contributed by atoms with Crippen LogP contribution in [0.2, 0.25) is 0 Å². The highest BCUT2D eigenvalue weighted by Crippen LogP contribution is 2.33. The highest BCUT2D eigenvalue weighted by molar-refractivity contribution is 6.29. The van der Waals surface area contributed by atoms with Gasteiger partial charge in [0, 0.05) is 11.4 Å². The van der Waals surface area contributed by atoms with Crippen molar-refractivity contribution in [1.82, 2.24) is 0 Å². The lowest BCUT2D eigenvalue weighted by molar-refractivity contribution is -0.138. The molecule has 0 aliphatic carbocycles. The van der Waals surface area contributed by atoms with Crippen molar-refractivity contribution in [2.75, 3.05) is 23.1 Å². The molecule has 31 heavy (non-hydrogen) atoms. The normalized spacial score (nSPS) is 12.9. The van der Waals surface area contributed by atoms with Crippen LogP contribution in [0, 0.1) is 11.3 Å². The summed E-state index contributed by atoms with van der Waals surface area (Å²) in [5.74, 6) is -1.34. The molecule has 2 rings (SSSR count). The average Bonchev–Trinajstić information content (AvgIpc) is 2.72. The van der Waals surface area contributed by atoms with E-state index in [0.29, 0.717) is 11.8 Å². The van der Waals surface area contributed by atoms with Crippen LogP contribution in [0.5, 0.6) is 5.75 Å². The monoisotopic (exact) mass is 455 g/mol. The number of alkyl halides is 4. The number of hydrogen-bond donors (Lipinski definition) is 3. The molecule has 0 radical (unpaired) electrons. The number of nitrogens with one attached hydrogen (secondary N) is 2. The molecular formula is C20H17ClF3N3O4. The predicted octanol–water partition coefficient (Wildman–Crippen LogP) is 3.52. The molecule has 0 saturated heterocycles. The number of amides is 2. The lowest BCUT2D eigenvalue weighted by atomic mass is 10.1. The molecule has 0 bridgehead atoms. The minimum absolute atomic E-state index is 0.208. The molecule has 0 aliphatic rings. The first kappa shape index (κ1) is 24.0. The van der Waals surface area contributed by atoms with Crippen molar-refractivity contribution in [3.8, 4) is 11.8 Å². The molecule has 164 valence electrons. The Morgan fingerprint density at radius 3 is 2.29 bits per heavy atom. The number of hydrogen-bond acceptors (Lipinski definition) is 5. The van der Waals surface area contributed by atoms with Gasteiger partial charge in [0.15, 0.2) is 5.60 Å². The molecule has 0 fully saturated rings. The predicted molar refractivity (Wildman–Crippen MR) is 107 cm³/mol. The standard InChI is InChI=1S/C20H17ClF3N3O4/c1-19(30,11-31-15-6-4-13(5-7-15)26-17(28)9-21)18(29)27-14-3-2-12(10-25)16(8-14)20(22,23)24/h2-8,30H,9,11H2,1H3,(H,26,28)(H,27,29)/t19-/m0/s1. The molecule has 2 aromatic carbocycles. The Bertz CT molecular complexity index is 1000. The van der Waals surface area contributed by atoms with Crippen LogP contribution in [0.3, 0.4) is 0 Å². The summed E-state index contributed by atoms with van der Waals surface area (Å²) in [5.41, 5.74) is -3.66. The maximum absolute atomic E-state index is 13.1. The molecule has 1 atom stereocenters. The zero-order valence-corrected chi connectivity index (χ0v) is 16.8. The Morgan fingerprint density at radius 1 is 1.13 bits per heavy atom. The smallest absolute Gasteiger partial charge is 0.417 e. The summed E-state index contributed by atoms with van der Waals surface area (Å²) in [7, 11) is 0. The van der Waals surface area contributed by atoms with Gasteiger partial charge in [0.25, 0.3) is 5.91 Å². The van der Waals surface area contributed by atoms with E-state index in [0.717, 1.165) is 19.1 Å². The second-order valence-corrected chi connectivity index (χ2v) is 6.86. The van der Waals surface area contributed by atoms with Gasteiger partial charge in [-0.25, -0.2) is 0 Å². The number of carbonyl (C=O) groups is 2. The maximum Gasteiger partial charge on any atom is 0.417 e. The topological polar surface area (TPSA) is 111 Å². The first-order valence-corrected chi connectivity index (χ1v) is 9.23. The summed E-state index contributed by atoms with van der Waals surface area (Å²) >= 11 is 5.39. The summed E-state index contributed by atoms with van der Waals surface area (Å²) in [6.45, 7) is 0.625. The third-order valence-corrected chi connectivity index (χ3v) is 4.21. The van der Waals surface area contributed by atoms with E-state index in [1.807, 2.05) is 0 Å². The van der Waals surface area contributed by atoms with Crippen LogP contribution in [-0.2, 0) is 15.8 Å². The first-order chi connectivity index (χ1) is 14.5. The number of aliphatic hydroxyl groups is 1. The van der Waals surface area contributed by atoms with Crippen LogP contribution in [0.4, 0.5) is 24.5 Å². The van der Waals surface area contributed by atoms with Gasteiger partial charge in [0.2, 0.25) is 5.91 Å². The van der Waals surface area contributed by atoms with Gasteiger partial charge in [-0.15, -0.1) is 11.6 Å². The van der Waals surface area contributed by atoms with Gasteiger partial charge in [-0.2, -0.15) is 18.4 Å². The summed E-state index contributed by atoms with van der Waals surface area (Å²) in [6.07, 6.45) is -4.78. The van der Waals surface area contributed by atoms with Gasteiger partial charge in [0.05, 0.1) is 17.2 Å². The third-order valence-electron chi connectivity index (χ3n) is 3.97. The van der Waals surface area contributed by atoms with E-state index in [9.17, 15) is 27.9 Å². The van der Waals surface area contributed by atoms with Gasteiger partial charge in [-0.05, 0) is 49.4 Å². The number of carbonyl (C=O) groups excluding carboxylic acids is 2. The molecule has 0 unspecified atom stereocenters. The molecule has 7 nitrogen and oxygen atoms in total. The number of ether oxygens (including phenoxy) is 1. The Labute approximate surface area is 180 Å². The first-order valence-electron chi connectivity index (χ1n) is 8.70. The zero-order chi connectivity index (χ0) is 23.2. The molecule has 0 aromatic heterocycles. The number of rotatable bonds is 7. The molecule has 11 heteroatoms. The van der Waals surface area contributed by atoms with Gasteiger partial charge in [-0.3, -0.25) is 9.59 Å². The number of benzene rings is 2. The van der Waals surface area contributed by atoms with Crippen molar-refractivity contribution < 1.29 is 32.6 Å². The maximum atomic E-state index is 13.1. The van der Waals surface area contributed by atoms with E-state index in [1.54, 1.807) is 0 Å². The highest BCUT2D eigenvalue weighted by atomic mass is 35.5. The fraction of sp³-hybridized carbons (Fsp3) is 0.250. The van der Waals surface area contributed by atoms with Crippen molar-refractivity contribution in [1.29, 1.82) is 5.26 Å². The zero-order valence-electron chi connectivity index (χ0n) is 16.1. The van der Waals surface area contributed by atoms with Crippen LogP contribution >= 0.6 is 11.6 Å². The van der Waals surface area contributed by atoms with Crippen molar-refractivity contribution in [3.05, 3.63) is 53.6 Å². The summed E-state index contributed by atoms with van der Waals surface area (Å²) in [5, 5.41) is 23.9. The van der Waals surface area contributed by atoms with E-state index in [4.69, 9.17) is 21.6 Å². The number of nitrogens with zero attached hydrogens (tertiary/aromatic N) is 1. The fourth-order valence-electron chi connectivity index (χ4n) is 2.34.